The topological polar surface area (TPSA) is 15.3 Å². The molecule has 0 aromatic heterocycles. The molecule has 2 heteroatoms. The highest BCUT2D eigenvalue weighted by atomic mass is 15.1. The molecule has 0 fully saturated rings. The van der Waals surface area contributed by atoms with E-state index in [2.05, 4.69) is 247 Å². The van der Waals surface area contributed by atoms with Crippen molar-refractivity contribution in [3.05, 3.63) is 248 Å². The molecule has 0 bridgehead atoms. The van der Waals surface area contributed by atoms with Crippen molar-refractivity contribution in [2.75, 3.05) is 10.2 Å². The van der Waals surface area contributed by atoms with E-state index in [4.69, 9.17) is 0 Å². The molecule has 8 aromatic carbocycles. The number of anilines is 4. The Morgan fingerprint density at radius 3 is 1.40 bits per heavy atom. The van der Waals surface area contributed by atoms with Crippen molar-refractivity contribution in [2.45, 2.75) is 18.4 Å². The van der Waals surface area contributed by atoms with Crippen LogP contribution in [-0.4, -0.2) is 6.04 Å². The number of benzene rings is 8. The van der Waals surface area contributed by atoms with Gasteiger partial charge in [-0.15, -0.1) is 0 Å². The number of nitrogens with one attached hydrogen (secondary N) is 1. The maximum atomic E-state index is 3.79. The van der Waals surface area contributed by atoms with E-state index >= 15 is 0 Å². The summed E-state index contributed by atoms with van der Waals surface area (Å²) < 4.78 is 0. The van der Waals surface area contributed by atoms with Crippen molar-refractivity contribution in [3.8, 4) is 33.4 Å². The standard InChI is InChI=1S/C55H44N2/c1-5-14-41(15-6-1)43-24-26-46(27-25-43)50-39-49(28-33-52(40-50)56-51-20-9-3-10-21-51)48-19-13-18-47(38-48)45-31-36-55(37-32-45)57(53-22-11-4-12-23-53)54-34-29-44(30-35-54)42-16-7-2-8-17-42/h1-39,50,52,56H,40H2. The smallest absolute Gasteiger partial charge is 0.0462 e. The van der Waals surface area contributed by atoms with E-state index in [1.807, 2.05) is 0 Å². The van der Waals surface area contributed by atoms with Gasteiger partial charge in [0.25, 0.3) is 0 Å². The third-order valence-corrected chi connectivity index (χ3v) is 10.9. The molecule has 1 N–H and O–H groups in total. The van der Waals surface area contributed by atoms with E-state index in [1.54, 1.807) is 0 Å². The zero-order valence-corrected chi connectivity index (χ0v) is 31.8. The highest BCUT2D eigenvalue weighted by Gasteiger charge is 2.20. The van der Waals surface area contributed by atoms with Gasteiger partial charge in [-0.1, -0.05) is 182 Å². The molecule has 0 radical (unpaired) electrons. The molecule has 2 atom stereocenters. The molecule has 0 heterocycles. The third-order valence-electron chi connectivity index (χ3n) is 10.9. The molecule has 0 amide bonds. The second-order valence-electron chi connectivity index (χ2n) is 14.6. The van der Waals surface area contributed by atoms with E-state index in [1.165, 1.54) is 50.1 Å². The van der Waals surface area contributed by atoms with E-state index in [0.29, 0.717) is 0 Å². The van der Waals surface area contributed by atoms with E-state index in [0.717, 1.165) is 29.2 Å². The lowest BCUT2D eigenvalue weighted by atomic mass is 9.89. The van der Waals surface area contributed by atoms with Crippen LogP contribution in [-0.2, 0) is 0 Å². The Balaban J connectivity index is 1.01. The first-order valence-electron chi connectivity index (χ1n) is 19.8. The molecular weight excluding hydrogens is 689 g/mol. The molecule has 2 nitrogen and oxygen atoms in total. The second kappa shape index (κ2) is 16.7. The first-order chi connectivity index (χ1) is 28.2. The summed E-state index contributed by atoms with van der Waals surface area (Å²) in [6, 6.07) is 78.4. The predicted octanol–water partition coefficient (Wildman–Crippen LogP) is 14.8. The minimum atomic E-state index is 0.178. The van der Waals surface area contributed by atoms with Crippen molar-refractivity contribution in [2.24, 2.45) is 0 Å². The van der Waals surface area contributed by atoms with Crippen LogP contribution >= 0.6 is 0 Å². The van der Waals surface area contributed by atoms with Gasteiger partial charge >= 0.3 is 0 Å². The molecule has 274 valence electrons. The Labute approximate surface area is 336 Å². The van der Waals surface area contributed by atoms with Crippen LogP contribution < -0.4 is 10.2 Å². The zero-order valence-electron chi connectivity index (χ0n) is 31.8. The van der Waals surface area contributed by atoms with Crippen LogP contribution in [0.1, 0.15) is 23.5 Å². The second-order valence-corrected chi connectivity index (χ2v) is 14.6. The van der Waals surface area contributed by atoms with Gasteiger partial charge in [0.15, 0.2) is 0 Å². The number of para-hydroxylation sites is 2. The zero-order chi connectivity index (χ0) is 38.2. The summed E-state index contributed by atoms with van der Waals surface area (Å²) in [7, 11) is 0. The summed E-state index contributed by atoms with van der Waals surface area (Å²) in [6.45, 7) is 0. The van der Waals surface area contributed by atoms with Crippen LogP contribution in [0.25, 0.3) is 39.0 Å². The maximum absolute atomic E-state index is 3.79. The minimum absolute atomic E-state index is 0.178. The average molecular weight is 733 g/mol. The van der Waals surface area contributed by atoms with Crippen LogP contribution in [0.2, 0.25) is 0 Å². The molecule has 57 heavy (non-hydrogen) atoms. The molecule has 2 unspecified atom stereocenters. The van der Waals surface area contributed by atoms with E-state index in [9.17, 15) is 0 Å². The SMILES string of the molecule is C1=CC(Nc2ccccc2)CC(c2ccc(-c3ccccc3)cc2)C=C1c1cccc(-c2ccc(N(c3ccccc3)c3ccc(-c4ccccc4)cc3)cc2)c1. The lowest BCUT2D eigenvalue weighted by molar-refractivity contribution is 0.698. The molecule has 8 aromatic rings. The Hall–Kier alpha value is -7.16. The number of allylic oxidation sites excluding steroid dienone is 3. The molecule has 1 aliphatic carbocycles. The summed E-state index contributed by atoms with van der Waals surface area (Å²) >= 11 is 0. The van der Waals surface area contributed by atoms with E-state index < -0.39 is 0 Å². The molecule has 0 aliphatic heterocycles. The van der Waals surface area contributed by atoms with Gasteiger partial charge in [-0.05, 0) is 111 Å². The Morgan fingerprint density at radius 1 is 0.386 bits per heavy atom. The van der Waals surface area contributed by atoms with Gasteiger partial charge in [0.1, 0.15) is 0 Å². The predicted molar refractivity (Wildman–Crippen MR) is 242 cm³/mol. The molecular formula is C55H44N2. The van der Waals surface area contributed by atoms with Crippen LogP contribution in [0, 0.1) is 0 Å². The van der Waals surface area contributed by atoms with Gasteiger partial charge in [-0.3, -0.25) is 0 Å². The van der Waals surface area contributed by atoms with Gasteiger partial charge in [0.05, 0.1) is 0 Å². The Bertz CT molecular complexity index is 2580. The first-order valence-corrected chi connectivity index (χ1v) is 19.8. The Morgan fingerprint density at radius 2 is 0.825 bits per heavy atom. The van der Waals surface area contributed by atoms with Crippen molar-refractivity contribution >= 4 is 28.3 Å². The quantitative estimate of drug-likeness (QED) is 0.151. The van der Waals surface area contributed by atoms with Crippen molar-refractivity contribution in [1.82, 2.24) is 0 Å². The fraction of sp³-hybridized carbons (Fsp3) is 0.0545. The lowest BCUT2D eigenvalue weighted by Gasteiger charge is -2.26. The van der Waals surface area contributed by atoms with E-state index in [-0.39, 0.29) is 12.0 Å². The number of rotatable bonds is 10. The molecule has 0 saturated heterocycles. The Kier molecular flexibility index (Phi) is 10.4. The van der Waals surface area contributed by atoms with Crippen molar-refractivity contribution < 1.29 is 0 Å². The minimum Gasteiger partial charge on any atom is -0.379 e. The summed E-state index contributed by atoms with van der Waals surface area (Å²) in [6.07, 6.45) is 8.06. The van der Waals surface area contributed by atoms with Crippen molar-refractivity contribution in [1.29, 1.82) is 0 Å². The van der Waals surface area contributed by atoms with Crippen LogP contribution in [0.15, 0.2) is 237 Å². The maximum Gasteiger partial charge on any atom is 0.0462 e. The van der Waals surface area contributed by atoms with Gasteiger partial charge < -0.3 is 10.2 Å². The highest BCUT2D eigenvalue weighted by Crippen LogP contribution is 2.38. The van der Waals surface area contributed by atoms with Gasteiger partial charge in [0, 0.05) is 34.7 Å². The van der Waals surface area contributed by atoms with Crippen LogP contribution in [0.5, 0.6) is 0 Å². The third kappa shape index (κ3) is 8.27. The molecule has 1 aliphatic rings. The van der Waals surface area contributed by atoms with Crippen LogP contribution in [0.4, 0.5) is 22.7 Å². The number of hydrogen-bond acceptors (Lipinski definition) is 2. The van der Waals surface area contributed by atoms with Gasteiger partial charge in [0.2, 0.25) is 0 Å². The fourth-order valence-electron chi connectivity index (χ4n) is 7.89. The van der Waals surface area contributed by atoms with Gasteiger partial charge in [-0.2, -0.15) is 0 Å². The first kappa shape index (κ1) is 35.5. The average Bonchev–Trinajstić information content (AvgIpc) is 3.51. The monoisotopic (exact) mass is 732 g/mol. The fourth-order valence-corrected chi connectivity index (χ4v) is 7.89. The summed E-state index contributed by atoms with van der Waals surface area (Å²) in [5.41, 5.74) is 15.5. The normalized spacial score (nSPS) is 15.0. The van der Waals surface area contributed by atoms with Crippen LogP contribution in [0.3, 0.4) is 0 Å². The van der Waals surface area contributed by atoms with Gasteiger partial charge in [-0.25, -0.2) is 0 Å². The molecule has 0 spiro atoms. The summed E-state index contributed by atoms with van der Waals surface area (Å²) in [4.78, 5) is 2.32. The highest BCUT2D eigenvalue weighted by molar-refractivity contribution is 5.82. The lowest BCUT2D eigenvalue weighted by Crippen LogP contribution is -2.19. The molecule has 0 saturated carbocycles. The summed E-state index contributed by atoms with van der Waals surface area (Å²) in [5, 5.41) is 3.79. The number of nitrogens with zero attached hydrogens (tertiary/aromatic N) is 1. The largest absolute Gasteiger partial charge is 0.379 e. The summed E-state index contributed by atoms with van der Waals surface area (Å²) in [5.74, 6) is 0.231. The molecule has 9 rings (SSSR count). The van der Waals surface area contributed by atoms with Crippen molar-refractivity contribution in [3.63, 3.8) is 0 Å². The number of hydrogen-bond donors (Lipinski definition) is 1.